The SMILES string of the molecule is CC(C)C[C@@H](C(=O)O)N1C(=O)CCCC1=O. The van der Waals surface area contributed by atoms with E-state index in [1.165, 1.54) is 0 Å². The van der Waals surface area contributed by atoms with Gasteiger partial charge in [-0.2, -0.15) is 0 Å². The van der Waals surface area contributed by atoms with Crippen molar-refractivity contribution in [1.29, 1.82) is 0 Å². The van der Waals surface area contributed by atoms with Crippen LogP contribution in [0, 0.1) is 5.92 Å². The first kappa shape index (κ1) is 12.7. The highest BCUT2D eigenvalue weighted by Crippen LogP contribution is 2.20. The molecule has 1 rings (SSSR count). The smallest absolute Gasteiger partial charge is 0.326 e. The predicted molar refractivity (Wildman–Crippen MR) is 56.6 cm³/mol. The van der Waals surface area contributed by atoms with Crippen LogP contribution in [0.1, 0.15) is 39.5 Å². The van der Waals surface area contributed by atoms with Crippen LogP contribution in [-0.4, -0.2) is 33.8 Å². The number of amides is 2. The van der Waals surface area contributed by atoms with E-state index < -0.39 is 12.0 Å². The summed E-state index contributed by atoms with van der Waals surface area (Å²) in [4.78, 5) is 35.2. The van der Waals surface area contributed by atoms with Gasteiger partial charge in [0, 0.05) is 12.8 Å². The molecule has 1 heterocycles. The zero-order valence-electron chi connectivity index (χ0n) is 9.60. The lowest BCUT2D eigenvalue weighted by Gasteiger charge is -2.31. The molecule has 5 nitrogen and oxygen atoms in total. The van der Waals surface area contributed by atoms with Crippen molar-refractivity contribution in [3.8, 4) is 0 Å². The molecule has 16 heavy (non-hydrogen) atoms. The van der Waals surface area contributed by atoms with Crippen LogP contribution in [-0.2, 0) is 14.4 Å². The molecule has 1 aliphatic heterocycles. The van der Waals surface area contributed by atoms with Crippen molar-refractivity contribution in [3.63, 3.8) is 0 Å². The lowest BCUT2D eigenvalue weighted by atomic mass is 9.99. The van der Waals surface area contributed by atoms with Gasteiger partial charge in [-0.3, -0.25) is 14.5 Å². The van der Waals surface area contributed by atoms with E-state index in [0.717, 1.165) is 4.90 Å². The van der Waals surface area contributed by atoms with Crippen LogP contribution in [0.5, 0.6) is 0 Å². The maximum atomic E-state index is 11.6. The normalized spacial score (nSPS) is 19.1. The van der Waals surface area contributed by atoms with Gasteiger partial charge < -0.3 is 5.11 Å². The number of imide groups is 1. The van der Waals surface area contributed by atoms with Gasteiger partial charge >= 0.3 is 5.97 Å². The largest absolute Gasteiger partial charge is 0.480 e. The molecule has 1 atom stereocenters. The molecule has 0 unspecified atom stereocenters. The Kier molecular flexibility index (Phi) is 4.04. The summed E-state index contributed by atoms with van der Waals surface area (Å²) in [5, 5.41) is 9.06. The summed E-state index contributed by atoms with van der Waals surface area (Å²) in [5.41, 5.74) is 0. The molecule has 0 aromatic heterocycles. The zero-order valence-corrected chi connectivity index (χ0v) is 9.60. The molecule has 0 saturated carbocycles. The molecular formula is C11H17NO4. The van der Waals surface area contributed by atoms with E-state index in [2.05, 4.69) is 0 Å². The van der Waals surface area contributed by atoms with Gasteiger partial charge in [-0.25, -0.2) is 4.79 Å². The Morgan fingerprint density at radius 3 is 2.19 bits per heavy atom. The van der Waals surface area contributed by atoms with E-state index in [1.54, 1.807) is 0 Å². The minimum Gasteiger partial charge on any atom is -0.480 e. The third-order valence-electron chi connectivity index (χ3n) is 2.61. The molecule has 0 aromatic rings. The van der Waals surface area contributed by atoms with Crippen LogP contribution in [0.15, 0.2) is 0 Å². The average molecular weight is 227 g/mol. The first-order chi connectivity index (χ1) is 7.43. The molecule has 0 aromatic carbocycles. The summed E-state index contributed by atoms with van der Waals surface area (Å²) >= 11 is 0. The number of carboxylic acids is 1. The van der Waals surface area contributed by atoms with Crippen LogP contribution < -0.4 is 0 Å². The Balaban J connectivity index is 2.86. The molecule has 2 amide bonds. The van der Waals surface area contributed by atoms with E-state index in [1.807, 2.05) is 13.8 Å². The highest BCUT2D eigenvalue weighted by Gasteiger charge is 2.36. The van der Waals surface area contributed by atoms with Gasteiger partial charge in [0.1, 0.15) is 6.04 Å². The average Bonchev–Trinajstić information content (AvgIpc) is 2.15. The number of piperidine rings is 1. The second kappa shape index (κ2) is 5.09. The van der Waals surface area contributed by atoms with E-state index in [0.29, 0.717) is 12.8 Å². The third kappa shape index (κ3) is 2.81. The van der Waals surface area contributed by atoms with E-state index in [-0.39, 0.29) is 30.6 Å². The number of aliphatic carboxylic acids is 1. The first-order valence-corrected chi connectivity index (χ1v) is 5.51. The Morgan fingerprint density at radius 2 is 1.81 bits per heavy atom. The second-order valence-corrected chi connectivity index (χ2v) is 4.49. The zero-order chi connectivity index (χ0) is 12.3. The highest BCUT2D eigenvalue weighted by molar-refractivity contribution is 6.01. The minimum atomic E-state index is -1.10. The minimum absolute atomic E-state index is 0.128. The molecule has 0 spiro atoms. The van der Waals surface area contributed by atoms with Crippen molar-refractivity contribution in [1.82, 2.24) is 4.90 Å². The van der Waals surface area contributed by atoms with Crippen molar-refractivity contribution < 1.29 is 19.5 Å². The van der Waals surface area contributed by atoms with Crippen LogP contribution in [0.25, 0.3) is 0 Å². The van der Waals surface area contributed by atoms with Gasteiger partial charge in [-0.1, -0.05) is 13.8 Å². The summed E-state index contributed by atoms with van der Waals surface area (Å²) < 4.78 is 0. The fourth-order valence-corrected chi connectivity index (χ4v) is 1.88. The summed E-state index contributed by atoms with van der Waals surface area (Å²) in [6.07, 6.45) is 1.39. The predicted octanol–water partition coefficient (Wildman–Crippen LogP) is 1.02. The number of rotatable bonds is 4. The molecule has 1 saturated heterocycles. The van der Waals surface area contributed by atoms with Gasteiger partial charge in [0.15, 0.2) is 0 Å². The van der Waals surface area contributed by atoms with Gasteiger partial charge in [0.2, 0.25) is 11.8 Å². The molecule has 0 bridgehead atoms. The number of carbonyl (C=O) groups is 3. The van der Waals surface area contributed by atoms with Gasteiger partial charge in [0.05, 0.1) is 0 Å². The van der Waals surface area contributed by atoms with Crippen LogP contribution in [0.3, 0.4) is 0 Å². The number of carboxylic acid groups (broad SMARTS) is 1. The van der Waals surface area contributed by atoms with E-state index in [9.17, 15) is 14.4 Å². The quantitative estimate of drug-likeness (QED) is 0.728. The topological polar surface area (TPSA) is 74.7 Å². The maximum absolute atomic E-state index is 11.6. The lowest BCUT2D eigenvalue weighted by molar-refractivity contribution is -0.160. The summed E-state index contributed by atoms with van der Waals surface area (Å²) in [6, 6.07) is -1.000. The molecule has 0 radical (unpaired) electrons. The maximum Gasteiger partial charge on any atom is 0.326 e. The van der Waals surface area contributed by atoms with Crippen molar-refractivity contribution in [3.05, 3.63) is 0 Å². The van der Waals surface area contributed by atoms with Crippen molar-refractivity contribution in [2.45, 2.75) is 45.6 Å². The number of hydrogen-bond donors (Lipinski definition) is 1. The van der Waals surface area contributed by atoms with Gasteiger partial charge in [-0.05, 0) is 18.8 Å². The van der Waals surface area contributed by atoms with Gasteiger partial charge in [-0.15, -0.1) is 0 Å². The van der Waals surface area contributed by atoms with Crippen LogP contribution in [0.4, 0.5) is 0 Å². The van der Waals surface area contributed by atoms with Crippen molar-refractivity contribution in [2.24, 2.45) is 5.92 Å². The lowest BCUT2D eigenvalue weighted by Crippen LogP contribution is -2.51. The molecule has 1 aliphatic rings. The first-order valence-electron chi connectivity index (χ1n) is 5.51. The fraction of sp³-hybridized carbons (Fsp3) is 0.727. The Bertz CT molecular complexity index is 295. The fourth-order valence-electron chi connectivity index (χ4n) is 1.88. The molecule has 5 heteroatoms. The standard InChI is InChI=1S/C11H17NO4/c1-7(2)6-8(11(15)16)12-9(13)4-3-5-10(12)14/h7-8H,3-6H2,1-2H3,(H,15,16)/t8-/m0/s1. The van der Waals surface area contributed by atoms with E-state index >= 15 is 0 Å². The third-order valence-corrected chi connectivity index (χ3v) is 2.61. The second-order valence-electron chi connectivity index (χ2n) is 4.49. The highest BCUT2D eigenvalue weighted by atomic mass is 16.4. The Morgan fingerprint density at radius 1 is 1.31 bits per heavy atom. The molecule has 90 valence electrons. The number of likely N-dealkylation sites (tertiary alicyclic amines) is 1. The Hall–Kier alpha value is -1.39. The molecule has 0 aliphatic carbocycles. The van der Waals surface area contributed by atoms with Crippen LogP contribution >= 0.6 is 0 Å². The van der Waals surface area contributed by atoms with Gasteiger partial charge in [0.25, 0.3) is 0 Å². The number of carbonyl (C=O) groups excluding carboxylic acids is 2. The van der Waals surface area contributed by atoms with Crippen molar-refractivity contribution >= 4 is 17.8 Å². The van der Waals surface area contributed by atoms with E-state index in [4.69, 9.17) is 5.11 Å². The molecular weight excluding hydrogens is 210 g/mol. The molecule has 1 N–H and O–H groups in total. The van der Waals surface area contributed by atoms with Crippen LogP contribution in [0.2, 0.25) is 0 Å². The van der Waals surface area contributed by atoms with Crippen molar-refractivity contribution in [2.75, 3.05) is 0 Å². The summed E-state index contributed by atoms with van der Waals surface area (Å²) in [6.45, 7) is 3.74. The molecule has 1 fully saturated rings. The number of nitrogens with zero attached hydrogens (tertiary/aromatic N) is 1. The number of hydrogen-bond acceptors (Lipinski definition) is 3. The summed E-state index contributed by atoms with van der Waals surface area (Å²) in [5.74, 6) is -1.69. The monoisotopic (exact) mass is 227 g/mol. The Labute approximate surface area is 94.4 Å². The summed E-state index contributed by atoms with van der Waals surface area (Å²) in [7, 11) is 0.